The normalized spacial score (nSPS) is 13.0. The van der Waals surface area contributed by atoms with Gasteiger partial charge in [0.1, 0.15) is 5.65 Å². The second-order valence-corrected chi connectivity index (χ2v) is 6.04. The molecule has 0 spiro atoms. The van der Waals surface area contributed by atoms with Crippen LogP contribution in [0.1, 0.15) is 6.92 Å². The Labute approximate surface area is 137 Å². The first-order valence-corrected chi connectivity index (χ1v) is 7.75. The fourth-order valence-electron chi connectivity index (χ4n) is 3.10. The van der Waals surface area contributed by atoms with Crippen molar-refractivity contribution in [3.63, 3.8) is 0 Å². The van der Waals surface area contributed by atoms with Gasteiger partial charge < -0.3 is 14.4 Å². The Kier molecular flexibility index (Phi) is 3.18. The number of rotatable bonds is 2. The molecule has 0 saturated heterocycles. The van der Waals surface area contributed by atoms with E-state index in [1.54, 1.807) is 6.92 Å². The first-order valence-electron chi connectivity index (χ1n) is 7.37. The number of nitrogens with zero attached hydrogens (tertiary/aromatic N) is 2. The van der Waals surface area contributed by atoms with E-state index >= 15 is 0 Å². The topological polar surface area (TPSA) is 47.3 Å². The molecule has 23 heavy (non-hydrogen) atoms. The predicted octanol–water partition coefficient (Wildman–Crippen LogP) is 4.25. The molecule has 4 aromatic rings. The Balaban J connectivity index is 2.23. The molecule has 0 amide bonds. The molecule has 2 heterocycles. The molecule has 0 fully saturated rings. The van der Waals surface area contributed by atoms with Gasteiger partial charge in [-0.1, -0.05) is 29.8 Å². The summed E-state index contributed by atoms with van der Waals surface area (Å²) < 4.78 is 7.53. The Morgan fingerprint density at radius 2 is 1.87 bits per heavy atom. The second-order valence-electron chi connectivity index (χ2n) is 5.60. The maximum atomic E-state index is 9.60. The maximum Gasteiger partial charge on any atom is 0.225 e. The zero-order chi connectivity index (χ0) is 16.1. The van der Waals surface area contributed by atoms with Gasteiger partial charge >= 0.3 is 0 Å². The van der Waals surface area contributed by atoms with Crippen LogP contribution >= 0.6 is 11.6 Å². The molecule has 0 radical (unpaired) electrons. The van der Waals surface area contributed by atoms with Crippen molar-refractivity contribution in [2.75, 3.05) is 0 Å². The zero-order valence-electron chi connectivity index (χ0n) is 12.7. The van der Waals surface area contributed by atoms with Gasteiger partial charge in [0.05, 0.1) is 5.52 Å². The molecule has 1 N–H and O–H groups in total. The molecule has 4 nitrogen and oxygen atoms in total. The van der Waals surface area contributed by atoms with Gasteiger partial charge in [0.25, 0.3) is 0 Å². The first kappa shape index (κ1) is 14.3. The van der Waals surface area contributed by atoms with Crippen LogP contribution in [-0.2, 0) is 7.05 Å². The van der Waals surface area contributed by atoms with Crippen LogP contribution in [0.15, 0.2) is 42.5 Å². The highest BCUT2D eigenvalue weighted by molar-refractivity contribution is 6.32. The molecule has 1 unspecified atom stereocenters. The molecule has 2 aromatic carbocycles. The third kappa shape index (κ3) is 2.14. The smallest absolute Gasteiger partial charge is 0.225 e. The third-order valence-electron chi connectivity index (χ3n) is 4.05. The predicted molar refractivity (Wildman–Crippen MR) is 93.0 cm³/mol. The van der Waals surface area contributed by atoms with E-state index < -0.39 is 6.29 Å². The van der Waals surface area contributed by atoms with Crippen LogP contribution in [0, 0.1) is 0 Å². The van der Waals surface area contributed by atoms with E-state index in [1.807, 2.05) is 54.1 Å². The first-order chi connectivity index (χ1) is 11.1. The number of aliphatic hydroxyl groups is 1. The molecular formula is C18H15ClN2O2. The lowest BCUT2D eigenvalue weighted by Gasteiger charge is -2.11. The molecule has 1 atom stereocenters. The van der Waals surface area contributed by atoms with Gasteiger partial charge in [-0.05, 0) is 36.6 Å². The summed E-state index contributed by atoms with van der Waals surface area (Å²) >= 11 is 6.19. The highest BCUT2D eigenvalue weighted by Crippen LogP contribution is 2.37. The molecular weight excluding hydrogens is 312 g/mol. The summed E-state index contributed by atoms with van der Waals surface area (Å²) in [6.07, 6.45) is -0.924. The molecule has 116 valence electrons. The summed E-state index contributed by atoms with van der Waals surface area (Å²) in [7, 11) is 1.96. The highest BCUT2D eigenvalue weighted by Gasteiger charge is 2.17. The standard InChI is InChI=1S/C18H15ClN2O2/c1-10(22)23-18-13-6-4-3-5-12(13)16-14-9-11(19)7-8-15(14)21(2)17(16)20-18/h3-10,22H,1-2H3. The van der Waals surface area contributed by atoms with Crippen molar-refractivity contribution in [1.29, 1.82) is 0 Å². The fraction of sp³-hybridized carbons (Fsp3) is 0.167. The van der Waals surface area contributed by atoms with E-state index in [4.69, 9.17) is 16.3 Å². The van der Waals surface area contributed by atoms with Crippen molar-refractivity contribution in [3.05, 3.63) is 47.5 Å². The number of hydrogen-bond acceptors (Lipinski definition) is 3. The van der Waals surface area contributed by atoms with Crippen molar-refractivity contribution in [2.45, 2.75) is 13.2 Å². The summed E-state index contributed by atoms with van der Waals surface area (Å²) in [5.41, 5.74) is 1.85. The average Bonchev–Trinajstić information content (AvgIpc) is 2.79. The van der Waals surface area contributed by atoms with E-state index in [1.165, 1.54) is 0 Å². The number of pyridine rings is 1. The third-order valence-corrected chi connectivity index (χ3v) is 4.28. The van der Waals surface area contributed by atoms with Crippen molar-refractivity contribution in [3.8, 4) is 5.88 Å². The molecule has 0 aliphatic carbocycles. The number of ether oxygens (including phenoxy) is 1. The van der Waals surface area contributed by atoms with Crippen molar-refractivity contribution in [2.24, 2.45) is 7.05 Å². The Morgan fingerprint density at radius 3 is 2.61 bits per heavy atom. The molecule has 0 aliphatic rings. The van der Waals surface area contributed by atoms with E-state index in [2.05, 4.69) is 4.98 Å². The summed E-state index contributed by atoms with van der Waals surface area (Å²) in [5, 5.41) is 14.3. The summed E-state index contributed by atoms with van der Waals surface area (Å²) in [6, 6.07) is 13.7. The monoisotopic (exact) mass is 326 g/mol. The number of hydrogen-bond donors (Lipinski definition) is 1. The van der Waals surface area contributed by atoms with Crippen molar-refractivity contribution in [1.82, 2.24) is 9.55 Å². The molecule has 0 saturated carbocycles. The van der Waals surface area contributed by atoms with E-state index in [0.29, 0.717) is 10.9 Å². The lowest BCUT2D eigenvalue weighted by Crippen LogP contribution is -2.11. The van der Waals surface area contributed by atoms with Gasteiger partial charge in [-0.2, -0.15) is 4.98 Å². The summed E-state index contributed by atoms with van der Waals surface area (Å²) in [4.78, 5) is 4.65. The lowest BCUT2D eigenvalue weighted by atomic mass is 10.1. The quantitative estimate of drug-likeness (QED) is 0.560. The van der Waals surface area contributed by atoms with Crippen molar-refractivity contribution >= 4 is 44.3 Å². The van der Waals surface area contributed by atoms with Crippen molar-refractivity contribution < 1.29 is 9.84 Å². The van der Waals surface area contributed by atoms with Crippen LogP contribution in [0.3, 0.4) is 0 Å². The number of aliphatic hydroxyl groups excluding tert-OH is 1. The van der Waals surface area contributed by atoms with Gasteiger partial charge in [-0.3, -0.25) is 0 Å². The van der Waals surface area contributed by atoms with Gasteiger partial charge in [-0.25, -0.2) is 0 Å². The van der Waals surface area contributed by atoms with E-state index in [9.17, 15) is 5.11 Å². The maximum absolute atomic E-state index is 9.60. The number of aromatic nitrogens is 2. The molecule has 2 aromatic heterocycles. The molecule has 5 heteroatoms. The van der Waals surface area contributed by atoms with Crippen LogP contribution in [0.2, 0.25) is 5.02 Å². The van der Waals surface area contributed by atoms with E-state index in [-0.39, 0.29) is 0 Å². The summed E-state index contributed by atoms with van der Waals surface area (Å²) in [6.45, 7) is 1.57. The van der Waals surface area contributed by atoms with Crippen LogP contribution < -0.4 is 4.74 Å². The van der Waals surface area contributed by atoms with Gasteiger partial charge in [0.15, 0.2) is 6.29 Å². The molecule has 0 aliphatic heterocycles. The number of halogens is 1. The van der Waals surface area contributed by atoms with Crippen LogP contribution in [0.4, 0.5) is 0 Å². The van der Waals surface area contributed by atoms with Crippen LogP contribution in [-0.4, -0.2) is 20.9 Å². The molecule has 0 bridgehead atoms. The Bertz CT molecular complexity index is 1050. The number of aryl methyl sites for hydroxylation is 1. The Hall–Kier alpha value is -2.30. The summed E-state index contributed by atoms with van der Waals surface area (Å²) in [5.74, 6) is 0.431. The SMILES string of the molecule is CC(O)Oc1nc2c(c3ccccc13)c1cc(Cl)ccc1n2C. The number of benzene rings is 2. The highest BCUT2D eigenvalue weighted by atomic mass is 35.5. The van der Waals surface area contributed by atoms with E-state index in [0.717, 1.165) is 32.7 Å². The largest absolute Gasteiger partial charge is 0.448 e. The van der Waals surface area contributed by atoms with Gasteiger partial charge in [-0.15, -0.1) is 0 Å². The number of fused-ring (bicyclic) bond motifs is 5. The molecule has 4 rings (SSSR count). The minimum Gasteiger partial charge on any atom is -0.448 e. The Morgan fingerprint density at radius 1 is 1.13 bits per heavy atom. The second kappa shape index (κ2) is 5.11. The van der Waals surface area contributed by atoms with Gasteiger partial charge in [0, 0.05) is 28.2 Å². The fourth-order valence-corrected chi connectivity index (χ4v) is 3.27. The van der Waals surface area contributed by atoms with Gasteiger partial charge in [0.2, 0.25) is 5.88 Å². The minimum atomic E-state index is -0.924. The minimum absolute atomic E-state index is 0.431. The van der Waals surface area contributed by atoms with Crippen LogP contribution in [0.25, 0.3) is 32.7 Å². The van der Waals surface area contributed by atoms with Crippen LogP contribution in [0.5, 0.6) is 5.88 Å². The zero-order valence-corrected chi connectivity index (χ0v) is 13.5. The average molecular weight is 327 g/mol. The lowest BCUT2D eigenvalue weighted by molar-refractivity contribution is -0.00222.